The minimum Gasteiger partial charge on any atom is 1.00 e. The fourth-order valence-corrected chi connectivity index (χ4v) is 11.3. The van der Waals surface area contributed by atoms with Crippen molar-refractivity contribution in [2.45, 2.75) is 107 Å². The van der Waals surface area contributed by atoms with Crippen molar-refractivity contribution in [1.82, 2.24) is 47.4 Å². The van der Waals surface area contributed by atoms with Gasteiger partial charge < -0.3 is 24.2 Å². The number of aromatic nitrogens is 10. The van der Waals surface area contributed by atoms with Crippen molar-refractivity contribution in [1.29, 1.82) is 0 Å². The van der Waals surface area contributed by atoms with Crippen molar-refractivity contribution in [3.63, 3.8) is 0 Å². The van der Waals surface area contributed by atoms with Gasteiger partial charge in [0.25, 0.3) is 17.0 Å². The second-order valence-electron chi connectivity index (χ2n) is 19.5. The van der Waals surface area contributed by atoms with E-state index in [-0.39, 0.29) is 110 Å². The number of nitrogens with zero attached hydrogens (tertiary/aromatic N) is 11. The molecule has 0 unspecified atom stereocenters. The predicted molar refractivity (Wildman–Crippen MR) is 345 cm³/mol. The van der Waals surface area contributed by atoms with Crippen molar-refractivity contribution < 1.29 is 119 Å². The molecule has 0 saturated carbocycles. The van der Waals surface area contributed by atoms with Gasteiger partial charge >= 0.3 is 129 Å². The molecule has 8 rings (SSSR count). The number of anilines is 1. The summed E-state index contributed by atoms with van der Waals surface area (Å²) in [6.07, 6.45) is -0.387. The molecular weight excluding hydrogens is 1580 g/mol. The van der Waals surface area contributed by atoms with Crippen molar-refractivity contribution in [3.05, 3.63) is 129 Å². The van der Waals surface area contributed by atoms with E-state index >= 15 is 0 Å². The summed E-state index contributed by atoms with van der Waals surface area (Å²) in [6.45, 7) is 20.2. The van der Waals surface area contributed by atoms with Crippen LogP contribution in [0.4, 0.5) is 5.13 Å². The number of phosphoric acid groups is 2. The molecule has 0 bridgehead atoms. The summed E-state index contributed by atoms with van der Waals surface area (Å²) >= 11 is 7.67. The van der Waals surface area contributed by atoms with Gasteiger partial charge in [-0.3, -0.25) is 64.9 Å². The molecular formula is C53H72I3N12Na2O14P2S2-. The number of aryl methyl sites for hydroxylation is 4. The van der Waals surface area contributed by atoms with Crippen LogP contribution in [0.15, 0.2) is 95.6 Å². The van der Waals surface area contributed by atoms with E-state index in [0.29, 0.717) is 41.9 Å². The van der Waals surface area contributed by atoms with Gasteiger partial charge in [-0.15, -0.1) is 22.7 Å². The van der Waals surface area contributed by atoms with Gasteiger partial charge in [-0.2, -0.15) is 15.2 Å². The topological polar surface area (TPSA) is 317 Å². The van der Waals surface area contributed by atoms with Gasteiger partial charge in [0, 0.05) is 58.6 Å². The maximum Gasteiger partial charge on any atom is 1.00 e. The van der Waals surface area contributed by atoms with E-state index in [1.54, 1.807) is 63.8 Å². The van der Waals surface area contributed by atoms with Gasteiger partial charge in [-0.1, -0.05) is 88.4 Å². The number of carbonyl (C=O) groups excluding carboxylic acids is 2. The zero-order chi connectivity index (χ0) is 65.2. The van der Waals surface area contributed by atoms with Crippen molar-refractivity contribution in [2.24, 2.45) is 47.3 Å². The number of halogens is 3. The molecule has 0 aliphatic rings. The summed E-state index contributed by atoms with van der Waals surface area (Å²) in [6, 6.07) is 18.5. The molecule has 0 spiro atoms. The smallest absolute Gasteiger partial charge is 1.00 e. The van der Waals surface area contributed by atoms with Crippen molar-refractivity contribution in [3.8, 4) is 22.5 Å². The number of phosphoric ester groups is 2. The van der Waals surface area contributed by atoms with E-state index in [1.807, 2.05) is 105 Å². The number of fused-ring (bicyclic) bond motifs is 2. The number of carbonyl (C=O) groups is 2. The minimum absolute atomic E-state index is 0. The zero-order valence-electron chi connectivity index (χ0n) is 52.7. The first-order valence-electron chi connectivity index (χ1n) is 26.3. The van der Waals surface area contributed by atoms with Crippen LogP contribution < -0.4 is 115 Å². The third-order valence-corrected chi connectivity index (χ3v) is 15.2. The molecule has 6 heterocycles. The van der Waals surface area contributed by atoms with Gasteiger partial charge in [0.1, 0.15) is 17.5 Å². The number of amides is 2. The zero-order valence-corrected chi connectivity index (χ0v) is 66.6. The Morgan fingerprint density at radius 1 is 0.670 bits per heavy atom. The molecule has 0 aliphatic heterocycles. The SMILES string of the molecule is CC.CC.CCOP(=O)(OC(C)(C)C)OC(C)(C)C.Cn1nc2c(c1CC(=O)N=c1scc(-c3ccccc3)n1COP(=O)([O-])[O-])c(=O)n(C)c(=O)n2C.Cn1nc2c(c1CC(=O)Nc1nc(-c3ccccc3)cs1)c(=O)n(C)c(=O)n2C.I[I-]I.[Na+].[Na+]. The number of rotatable bonds is 14. The third kappa shape index (κ3) is 24.0. The third-order valence-electron chi connectivity index (χ3n) is 11.1. The van der Waals surface area contributed by atoms with Gasteiger partial charge in [0.2, 0.25) is 5.91 Å². The monoisotopic (exact) mass is 1650 g/mol. The molecule has 88 heavy (non-hydrogen) atoms. The summed E-state index contributed by atoms with van der Waals surface area (Å²) in [7, 11) is 0.178. The molecule has 2 amide bonds. The van der Waals surface area contributed by atoms with E-state index < -0.39 is 62.0 Å². The fraction of sp³-hybridized carbons (Fsp3) is 0.434. The molecule has 1 N–H and O–H groups in total. The number of hydrogen-bond donors (Lipinski definition) is 1. The second-order valence-corrected chi connectivity index (χ2v) is 40.1. The summed E-state index contributed by atoms with van der Waals surface area (Å²) in [5.41, 5.74) is 0.813. The standard InChI is InChI=1S/C20H21N6O7PS.C19H18N6O3S.C10H23O4P.2C2H6.I3.2Na/c1-23-17-16(18(28)24(2)20(23)29)13(25(3)22-17)9-15(27)21-19-26(11-33-34(30,31)32)14(10-35-19)12-7-5-4-6-8-12;1-23-16-15(17(27)24(2)19(23)28)13(25(3)22-16)9-14(26)21-18-20-12(10-29-18)11-7-5-4-6-8-11;1-8-12-15(11,13-9(2,3)4)14-10(5,6)7;2*1-2;1-3-2;;/h4-8,10H,9,11H2,1-3H3,(H2,30,31,32);4-8,10H,9H2,1-3H3,(H,20,21,26);8H2,1-7H3;2*1-2H3;;;/q;;;;;-1;2*+1/p-2. The average molecular weight is 1650 g/mol. The Balaban J connectivity index is 0.000000659. The average Bonchev–Trinajstić information content (AvgIpc) is 2.64. The van der Waals surface area contributed by atoms with E-state index in [0.717, 1.165) is 31.7 Å². The van der Waals surface area contributed by atoms with Gasteiger partial charge in [0.05, 0.1) is 61.2 Å². The fourth-order valence-electron chi connectivity index (χ4n) is 7.63. The van der Waals surface area contributed by atoms with Crippen LogP contribution in [-0.4, -0.2) is 77.0 Å². The Kier molecular flexibility index (Phi) is 35.9. The number of hydrogen-bond acceptors (Lipinski definition) is 19. The Morgan fingerprint density at radius 2 is 1.10 bits per heavy atom. The predicted octanol–water partition coefficient (Wildman–Crippen LogP) is -1.15. The van der Waals surface area contributed by atoms with Gasteiger partial charge in [-0.05, 0) is 54.0 Å². The van der Waals surface area contributed by atoms with Crippen LogP contribution in [0.2, 0.25) is 0 Å². The van der Waals surface area contributed by atoms with Gasteiger partial charge in [-0.25, -0.2) is 19.1 Å². The van der Waals surface area contributed by atoms with Crippen molar-refractivity contribution >= 4 is 115 Å². The molecule has 6 aromatic heterocycles. The molecule has 0 atom stereocenters. The Labute approximate surface area is 591 Å². The first-order valence-corrected chi connectivity index (χ1v) is 43.5. The molecule has 26 nitrogen and oxygen atoms in total. The number of thiazole rings is 2. The summed E-state index contributed by atoms with van der Waals surface area (Å²) < 4.78 is 52.0. The Morgan fingerprint density at radius 3 is 1.52 bits per heavy atom. The van der Waals surface area contributed by atoms with Crippen LogP contribution in [0.1, 0.15) is 87.5 Å². The van der Waals surface area contributed by atoms with Crippen LogP contribution in [0, 0.1) is 0 Å². The van der Waals surface area contributed by atoms with Crippen LogP contribution >= 0.6 is 75.6 Å². The number of benzene rings is 2. The normalized spacial score (nSPS) is 11.5. The Hall–Kier alpha value is -2.65. The number of nitrogens with one attached hydrogen (secondary N) is 1. The van der Waals surface area contributed by atoms with Crippen LogP contribution in [0.3, 0.4) is 0 Å². The van der Waals surface area contributed by atoms with Crippen LogP contribution in [0.5, 0.6) is 0 Å². The molecule has 2 aromatic carbocycles. The molecule has 0 saturated heterocycles. The summed E-state index contributed by atoms with van der Waals surface area (Å²) in [5.74, 6) is -0.979. The Bertz CT molecular complexity index is 4000. The summed E-state index contributed by atoms with van der Waals surface area (Å²) in [4.78, 5) is 106. The van der Waals surface area contributed by atoms with Crippen LogP contribution in [-0.2, 0) is 98.7 Å². The van der Waals surface area contributed by atoms with E-state index in [2.05, 4.69) is 67.2 Å². The quantitative estimate of drug-likeness (QED) is 0.0763. The van der Waals surface area contributed by atoms with E-state index in [1.165, 1.54) is 55.5 Å². The van der Waals surface area contributed by atoms with E-state index in [9.17, 15) is 47.7 Å². The molecule has 0 radical (unpaired) electrons. The first-order chi connectivity index (χ1) is 40.2. The molecule has 0 fully saturated rings. The second kappa shape index (κ2) is 37.9. The largest absolute Gasteiger partial charge is 1.00 e. The maximum absolute atomic E-state index is 12.9. The summed E-state index contributed by atoms with van der Waals surface area (Å²) in [5, 5.41) is 15.6. The minimum atomic E-state index is -5.29. The van der Waals surface area contributed by atoms with Crippen molar-refractivity contribution in [2.75, 3.05) is 11.9 Å². The van der Waals surface area contributed by atoms with E-state index in [4.69, 9.17) is 13.6 Å². The molecule has 8 aromatic rings. The maximum atomic E-state index is 12.9. The first kappa shape index (κ1) is 83.4. The molecule has 0 aliphatic carbocycles. The van der Waals surface area contributed by atoms with Crippen LogP contribution in [0.25, 0.3) is 44.6 Å². The van der Waals surface area contributed by atoms with Gasteiger partial charge in [0.15, 0.2) is 21.2 Å². The molecule has 35 heteroatoms. The molecule has 474 valence electrons.